The summed E-state index contributed by atoms with van der Waals surface area (Å²) in [5.41, 5.74) is 0. The second kappa shape index (κ2) is 6.24. The third-order valence-electron chi connectivity index (χ3n) is 5.19. The van der Waals surface area contributed by atoms with E-state index in [9.17, 15) is 0 Å². The number of hydrogen-bond donors (Lipinski definition) is 1. The summed E-state index contributed by atoms with van der Waals surface area (Å²) in [5, 5.41) is 3.58. The van der Waals surface area contributed by atoms with E-state index in [-0.39, 0.29) is 5.79 Å². The first-order valence-electron chi connectivity index (χ1n) is 8.88. The van der Waals surface area contributed by atoms with Crippen LogP contribution >= 0.6 is 0 Å². The zero-order valence-electron chi connectivity index (χ0n) is 13.9. The van der Waals surface area contributed by atoms with Gasteiger partial charge in [0.2, 0.25) is 0 Å². The van der Waals surface area contributed by atoms with Gasteiger partial charge in [-0.2, -0.15) is 0 Å². The normalized spacial score (nSPS) is 24.5. The van der Waals surface area contributed by atoms with E-state index in [1.165, 1.54) is 25.7 Å². The van der Waals surface area contributed by atoms with Gasteiger partial charge in [-0.05, 0) is 19.8 Å². The Hall–Kier alpha value is -1.40. The van der Waals surface area contributed by atoms with E-state index < -0.39 is 0 Å². The van der Waals surface area contributed by atoms with E-state index in [1.54, 1.807) is 0 Å². The molecule has 3 heterocycles. The largest absolute Gasteiger partial charge is 0.367 e. The van der Waals surface area contributed by atoms with Crippen LogP contribution in [0.15, 0.2) is 6.07 Å². The summed E-state index contributed by atoms with van der Waals surface area (Å²) in [7, 11) is 0. The maximum absolute atomic E-state index is 5.81. The highest BCUT2D eigenvalue weighted by Gasteiger charge is 2.40. The molecular weight excluding hydrogens is 292 g/mol. The number of rotatable bonds is 3. The van der Waals surface area contributed by atoms with Crippen molar-refractivity contribution >= 4 is 11.6 Å². The van der Waals surface area contributed by atoms with Gasteiger partial charge in [-0.3, -0.25) is 0 Å². The van der Waals surface area contributed by atoms with E-state index in [2.05, 4.69) is 26.3 Å². The Morgan fingerprint density at radius 2 is 1.83 bits per heavy atom. The first-order valence-corrected chi connectivity index (χ1v) is 8.88. The van der Waals surface area contributed by atoms with Crippen LogP contribution in [0, 0.1) is 6.92 Å². The molecule has 1 aromatic heterocycles. The van der Waals surface area contributed by atoms with Crippen LogP contribution in [0.1, 0.15) is 44.3 Å². The molecule has 0 bridgehead atoms. The molecule has 126 valence electrons. The van der Waals surface area contributed by atoms with Crippen LogP contribution in [0.4, 0.5) is 11.6 Å². The Labute approximate surface area is 137 Å². The quantitative estimate of drug-likeness (QED) is 0.924. The molecule has 0 aromatic carbocycles. The number of aryl methyl sites for hydroxylation is 1. The van der Waals surface area contributed by atoms with Crippen molar-refractivity contribution in [2.24, 2.45) is 0 Å². The second-order valence-corrected chi connectivity index (χ2v) is 6.88. The molecule has 0 atom stereocenters. The lowest BCUT2D eigenvalue weighted by atomic mass is 10.0. The number of nitrogens with one attached hydrogen (secondary N) is 1. The summed E-state index contributed by atoms with van der Waals surface area (Å²) in [5.74, 6) is 2.49. The predicted octanol–water partition coefficient (Wildman–Crippen LogP) is 2.48. The molecule has 1 spiro atoms. The summed E-state index contributed by atoms with van der Waals surface area (Å²) in [6.45, 7) is 5.25. The number of aromatic nitrogens is 2. The van der Waals surface area contributed by atoms with Crippen molar-refractivity contribution in [1.82, 2.24) is 9.97 Å². The molecule has 0 unspecified atom stereocenters. The maximum Gasteiger partial charge on any atom is 0.171 e. The third-order valence-corrected chi connectivity index (χ3v) is 5.19. The van der Waals surface area contributed by atoms with Crippen molar-refractivity contribution in [2.75, 3.05) is 36.5 Å². The molecule has 1 N–H and O–H groups in total. The molecular formula is C17H26N4O2. The van der Waals surface area contributed by atoms with Crippen LogP contribution in [-0.2, 0) is 9.47 Å². The van der Waals surface area contributed by atoms with Crippen molar-refractivity contribution in [3.05, 3.63) is 11.9 Å². The Balaban J connectivity index is 1.45. The maximum atomic E-state index is 5.81. The van der Waals surface area contributed by atoms with E-state index in [0.29, 0.717) is 6.04 Å². The molecule has 4 rings (SSSR count). The Kier molecular flexibility index (Phi) is 4.11. The zero-order chi connectivity index (χ0) is 15.7. The SMILES string of the molecule is Cc1nc(NC2CCCC2)cc(N2CCC3(CC2)OCCO3)n1. The van der Waals surface area contributed by atoms with Crippen molar-refractivity contribution in [3.63, 3.8) is 0 Å². The molecule has 6 heteroatoms. The number of piperidine rings is 1. The highest BCUT2D eigenvalue weighted by atomic mass is 16.7. The van der Waals surface area contributed by atoms with Gasteiger partial charge in [-0.25, -0.2) is 9.97 Å². The molecule has 1 aliphatic carbocycles. The first-order chi connectivity index (χ1) is 11.2. The fourth-order valence-corrected chi connectivity index (χ4v) is 3.93. The molecule has 3 aliphatic rings. The average molecular weight is 318 g/mol. The molecule has 1 saturated carbocycles. The zero-order valence-corrected chi connectivity index (χ0v) is 13.9. The predicted molar refractivity (Wildman–Crippen MR) is 88.7 cm³/mol. The topological polar surface area (TPSA) is 59.5 Å². The highest BCUT2D eigenvalue weighted by Crippen LogP contribution is 2.33. The van der Waals surface area contributed by atoms with Gasteiger partial charge in [-0.15, -0.1) is 0 Å². The van der Waals surface area contributed by atoms with E-state index in [4.69, 9.17) is 9.47 Å². The molecule has 23 heavy (non-hydrogen) atoms. The Morgan fingerprint density at radius 3 is 2.52 bits per heavy atom. The van der Waals surface area contributed by atoms with Crippen molar-refractivity contribution in [1.29, 1.82) is 0 Å². The third kappa shape index (κ3) is 3.28. The molecule has 6 nitrogen and oxygen atoms in total. The van der Waals surface area contributed by atoms with Gasteiger partial charge in [0.25, 0.3) is 0 Å². The van der Waals surface area contributed by atoms with Crippen molar-refractivity contribution < 1.29 is 9.47 Å². The molecule has 0 radical (unpaired) electrons. The lowest BCUT2D eigenvalue weighted by molar-refractivity contribution is -0.169. The van der Waals surface area contributed by atoms with Crippen LogP contribution < -0.4 is 10.2 Å². The van der Waals surface area contributed by atoms with Gasteiger partial charge in [0.15, 0.2) is 5.79 Å². The fourth-order valence-electron chi connectivity index (χ4n) is 3.93. The van der Waals surface area contributed by atoms with Gasteiger partial charge in [0.1, 0.15) is 17.5 Å². The van der Waals surface area contributed by atoms with Crippen LogP contribution in [0.25, 0.3) is 0 Å². The van der Waals surface area contributed by atoms with Crippen LogP contribution in [0.2, 0.25) is 0 Å². The summed E-state index contributed by atoms with van der Waals surface area (Å²) in [6, 6.07) is 2.67. The number of ether oxygens (including phenoxy) is 2. The first kappa shape index (κ1) is 15.1. The Morgan fingerprint density at radius 1 is 1.13 bits per heavy atom. The summed E-state index contributed by atoms with van der Waals surface area (Å²) >= 11 is 0. The van der Waals surface area contributed by atoms with Crippen molar-refractivity contribution in [2.45, 2.75) is 57.3 Å². The number of hydrogen-bond acceptors (Lipinski definition) is 6. The second-order valence-electron chi connectivity index (χ2n) is 6.88. The van der Waals surface area contributed by atoms with Gasteiger partial charge < -0.3 is 19.7 Å². The van der Waals surface area contributed by atoms with Crippen LogP contribution in [0.3, 0.4) is 0 Å². The van der Waals surface area contributed by atoms with Crippen LogP contribution in [-0.4, -0.2) is 48.1 Å². The van der Waals surface area contributed by atoms with Gasteiger partial charge in [0.05, 0.1) is 13.2 Å². The molecule has 0 amide bonds. The molecule has 3 fully saturated rings. The monoisotopic (exact) mass is 318 g/mol. The smallest absolute Gasteiger partial charge is 0.171 e. The van der Waals surface area contributed by atoms with Crippen LogP contribution in [0.5, 0.6) is 0 Å². The standard InChI is InChI=1S/C17H26N4O2/c1-13-18-15(20-14-4-2-3-5-14)12-16(19-13)21-8-6-17(7-9-21)22-10-11-23-17/h12,14H,2-11H2,1H3,(H,18,19,20). The molecule has 2 saturated heterocycles. The van der Waals surface area contributed by atoms with E-state index >= 15 is 0 Å². The van der Waals surface area contributed by atoms with Crippen molar-refractivity contribution in [3.8, 4) is 0 Å². The Bertz CT molecular complexity index is 544. The van der Waals surface area contributed by atoms with Gasteiger partial charge in [-0.1, -0.05) is 12.8 Å². The van der Waals surface area contributed by atoms with E-state index in [0.717, 1.165) is 56.6 Å². The average Bonchev–Trinajstić information content (AvgIpc) is 3.20. The minimum Gasteiger partial charge on any atom is -0.367 e. The number of anilines is 2. The lowest BCUT2D eigenvalue weighted by Crippen LogP contribution is -2.45. The highest BCUT2D eigenvalue weighted by molar-refractivity contribution is 5.50. The van der Waals surface area contributed by atoms with Gasteiger partial charge >= 0.3 is 0 Å². The van der Waals surface area contributed by atoms with Gasteiger partial charge in [0, 0.05) is 38.0 Å². The summed E-state index contributed by atoms with van der Waals surface area (Å²) in [6.07, 6.45) is 6.95. The fraction of sp³-hybridized carbons (Fsp3) is 0.765. The molecule has 1 aromatic rings. The summed E-state index contributed by atoms with van der Waals surface area (Å²) < 4.78 is 11.6. The summed E-state index contributed by atoms with van der Waals surface area (Å²) in [4.78, 5) is 11.5. The minimum atomic E-state index is -0.330. The minimum absolute atomic E-state index is 0.330. The number of nitrogens with zero attached hydrogens (tertiary/aromatic N) is 3. The molecule has 2 aliphatic heterocycles. The lowest BCUT2D eigenvalue weighted by Gasteiger charge is -2.38. The van der Waals surface area contributed by atoms with E-state index in [1.807, 2.05) is 6.92 Å².